The van der Waals surface area contributed by atoms with E-state index in [1.54, 1.807) is 11.3 Å². The molecule has 0 spiro atoms. The van der Waals surface area contributed by atoms with Crippen molar-refractivity contribution in [2.75, 3.05) is 6.61 Å². The molecule has 1 heterocycles. The Balaban J connectivity index is 1.86. The van der Waals surface area contributed by atoms with Gasteiger partial charge in [-0.25, -0.2) is 9.78 Å². The number of urea groups is 1. The van der Waals surface area contributed by atoms with Gasteiger partial charge < -0.3 is 15.7 Å². The van der Waals surface area contributed by atoms with E-state index >= 15 is 0 Å². The highest BCUT2D eigenvalue weighted by Crippen LogP contribution is 2.28. The Morgan fingerprint density at radius 2 is 2.11 bits per heavy atom. The Bertz CT molecular complexity index is 453. The van der Waals surface area contributed by atoms with Gasteiger partial charge in [-0.1, -0.05) is 12.8 Å². The van der Waals surface area contributed by atoms with Gasteiger partial charge in [-0.15, -0.1) is 11.3 Å². The van der Waals surface area contributed by atoms with Gasteiger partial charge in [-0.3, -0.25) is 0 Å². The molecule has 0 aliphatic heterocycles. The molecule has 19 heavy (non-hydrogen) atoms. The summed E-state index contributed by atoms with van der Waals surface area (Å²) in [6, 6.07) is -0.221. The molecule has 1 aromatic heterocycles. The van der Waals surface area contributed by atoms with Gasteiger partial charge in [0, 0.05) is 4.88 Å². The van der Waals surface area contributed by atoms with E-state index in [1.807, 2.05) is 13.8 Å². The third kappa shape index (κ3) is 3.45. The van der Waals surface area contributed by atoms with Crippen LogP contribution in [0.5, 0.6) is 0 Å². The molecule has 3 N–H and O–H groups in total. The van der Waals surface area contributed by atoms with Crippen LogP contribution in [-0.4, -0.2) is 28.3 Å². The van der Waals surface area contributed by atoms with E-state index in [9.17, 15) is 9.90 Å². The van der Waals surface area contributed by atoms with Crippen LogP contribution in [0.2, 0.25) is 0 Å². The Kier molecular flexibility index (Phi) is 4.42. The van der Waals surface area contributed by atoms with Crippen molar-refractivity contribution in [2.45, 2.75) is 51.6 Å². The van der Waals surface area contributed by atoms with E-state index in [-0.39, 0.29) is 12.6 Å². The smallest absolute Gasteiger partial charge is 0.315 e. The first-order chi connectivity index (χ1) is 9.04. The normalized spacial score (nSPS) is 17.4. The molecule has 6 heteroatoms. The molecule has 5 nitrogen and oxygen atoms in total. The minimum absolute atomic E-state index is 0.00918. The lowest BCUT2D eigenvalue weighted by molar-refractivity contribution is 0.162. The van der Waals surface area contributed by atoms with Gasteiger partial charge in [0.1, 0.15) is 0 Å². The van der Waals surface area contributed by atoms with E-state index in [4.69, 9.17) is 0 Å². The maximum Gasteiger partial charge on any atom is 0.315 e. The molecular weight excluding hydrogens is 262 g/mol. The molecule has 1 aliphatic rings. The molecule has 1 fully saturated rings. The first-order valence-corrected chi connectivity index (χ1v) is 7.46. The largest absolute Gasteiger partial charge is 0.394 e. The first kappa shape index (κ1) is 14.3. The molecule has 1 saturated carbocycles. The van der Waals surface area contributed by atoms with Crippen LogP contribution in [0.25, 0.3) is 0 Å². The van der Waals surface area contributed by atoms with Crippen LogP contribution in [0.3, 0.4) is 0 Å². The predicted molar refractivity (Wildman–Crippen MR) is 75.2 cm³/mol. The molecule has 0 unspecified atom stereocenters. The quantitative estimate of drug-likeness (QED) is 0.789. The summed E-state index contributed by atoms with van der Waals surface area (Å²) >= 11 is 1.63. The maximum absolute atomic E-state index is 11.9. The zero-order valence-electron chi connectivity index (χ0n) is 11.5. The van der Waals surface area contributed by atoms with Crippen LogP contribution in [0.4, 0.5) is 4.79 Å². The van der Waals surface area contributed by atoms with Crippen molar-refractivity contribution in [3.8, 4) is 0 Å². The summed E-state index contributed by atoms with van der Waals surface area (Å²) in [6.45, 7) is 4.41. The molecule has 1 aliphatic carbocycles. The van der Waals surface area contributed by atoms with Crippen LogP contribution in [0, 0.1) is 13.8 Å². The Hall–Kier alpha value is -1.14. The maximum atomic E-state index is 11.9. The summed E-state index contributed by atoms with van der Waals surface area (Å²) < 4.78 is 0. The lowest BCUT2D eigenvalue weighted by Gasteiger charge is -2.27. The molecule has 0 aromatic carbocycles. The Morgan fingerprint density at radius 1 is 1.42 bits per heavy atom. The van der Waals surface area contributed by atoms with Gasteiger partial charge in [0.25, 0.3) is 0 Å². The number of aliphatic hydroxyl groups excluding tert-OH is 1. The fourth-order valence-corrected chi connectivity index (χ4v) is 3.39. The fourth-order valence-electron chi connectivity index (χ4n) is 2.56. The number of carbonyl (C=O) groups excluding carboxylic acids is 1. The van der Waals surface area contributed by atoms with Crippen molar-refractivity contribution < 1.29 is 9.90 Å². The summed E-state index contributed by atoms with van der Waals surface area (Å²) in [5.41, 5.74) is 0.499. The highest BCUT2D eigenvalue weighted by Gasteiger charge is 2.34. The summed E-state index contributed by atoms with van der Waals surface area (Å²) in [5, 5.41) is 16.2. The van der Waals surface area contributed by atoms with Gasteiger partial charge in [0.05, 0.1) is 29.4 Å². The van der Waals surface area contributed by atoms with Crippen molar-refractivity contribution in [1.29, 1.82) is 0 Å². The first-order valence-electron chi connectivity index (χ1n) is 6.64. The lowest BCUT2D eigenvalue weighted by Crippen LogP contribution is -2.52. The molecule has 0 saturated heterocycles. The molecule has 106 valence electrons. The Labute approximate surface area is 117 Å². The van der Waals surface area contributed by atoms with E-state index < -0.39 is 5.54 Å². The van der Waals surface area contributed by atoms with Crippen LogP contribution in [-0.2, 0) is 6.54 Å². The van der Waals surface area contributed by atoms with Crippen molar-refractivity contribution >= 4 is 17.4 Å². The zero-order chi connectivity index (χ0) is 13.9. The second-order valence-electron chi connectivity index (χ2n) is 5.19. The average Bonchev–Trinajstić information content (AvgIpc) is 2.94. The zero-order valence-corrected chi connectivity index (χ0v) is 12.3. The van der Waals surface area contributed by atoms with Crippen LogP contribution >= 0.6 is 11.3 Å². The highest BCUT2D eigenvalue weighted by atomic mass is 32.1. The number of aryl methyl sites for hydroxylation is 2. The molecular formula is C13H21N3O2S. The number of nitrogens with zero attached hydrogens (tertiary/aromatic N) is 1. The summed E-state index contributed by atoms with van der Waals surface area (Å²) in [6.07, 6.45) is 3.83. The van der Waals surface area contributed by atoms with E-state index in [2.05, 4.69) is 15.6 Å². The number of carbonyl (C=O) groups is 1. The van der Waals surface area contributed by atoms with Crippen molar-refractivity contribution in [3.05, 3.63) is 15.6 Å². The average molecular weight is 283 g/mol. The van der Waals surface area contributed by atoms with E-state index in [0.717, 1.165) is 41.3 Å². The van der Waals surface area contributed by atoms with Crippen molar-refractivity contribution in [1.82, 2.24) is 15.6 Å². The SMILES string of the molecule is Cc1nc(CNC(=O)NC2(CO)CCCC2)c(C)s1. The van der Waals surface area contributed by atoms with Crippen molar-refractivity contribution in [2.24, 2.45) is 0 Å². The molecule has 0 bridgehead atoms. The van der Waals surface area contributed by atoms with Gasteiger partial charge in [0.15, 0.2) is 0 Å². The minimum atomic E-state index is -0.420. The van der Waals surface area contributed by atoms with Gasteiger partial charge in [-0.05, 0) is 26.7 Å². The summed E-state index contributed by atoms with van der Waals surface area (Å²) in [7, 11) is 0. The van der Waals surface area contributed by atoms with Crippen molar-refractivity contribution in [3.63, 3.8) is 0 Å². The number of hydrogen-bond acceptors (Lipinski definition) is 4. The second kappa shape index (κ2) is 5.88. The molecule has 0 radical (unpaired) electrons. The summed E-state index contributed by atoms with van der Waals surface area (Å²) in [4.78, 5) is 17.4. The summed E-state index contributed by atoms with van der Waals surface area (Å²) in [5.74, 6) is 0. The number of rotatable bonds is 4. The Morgan fingerprint density at radius 3 is 2.63 bits per heavy atom. The van der Waals surface area contributed by atoms with Gasteiger partial charge in [-0.2, -0.15) is 0 Å². The molecule has 2 rings (SSSR count). The monoisotopic (exact) mass is 283 g/mol. The van der Waals surface area contributed by atoms with Crippen LogP contribution in [0.1, 0.15) is 41.3 Å². The number of aromatic nitrogens is 1. The topological polar surface area (TPSA) is 74.2 Å². The predicted octanol–water partition coefficient (Wildman–Crippen LogP) is 1.86. The highest BCUT2D eigenvalue weighted by molar-refractivity contribution is 7.11. The number of nitrogens with one attached hydrogen (secondary N) is 2. The third-order valence-corrected chi connectivity index (χ3v) is 4.59. The molecule has 0 atom stereocenters. The third-order valence-electron chi connectivity index (χ3n) is 3.66. The standard InChI is InChI=1S/C13H21N3O2S/c1-9-11(15-10(2)19-9)7-14-12(18)16-13(8-17)5-3-4-6-13/h17H,3-8H2,1-2H3,(H2,14,16,18). The van der Waals surface area contributed by atoms with Crippen LogP contribution in [0.15, 0.2) is 0 Å². The van der Waals surface area contributed by atoms with Gasteiger partial charge in [0.2, 0.25) is 0 Å². The lowest BCUT2D eigenvalue weighted by atomic mass is 9.99. The molecule has 2 amide bonds. The number of hydrogen-bond donors (Lipinski definition) is 3. The fraction of sp³-hybridized carbons (Fsp3) is 0.692. The van der Waals surface area contributed by atoms with E-state index in [1.165, 1.54) is 0 Å². The number of amides is 2. The molecule has 1 aromatic rings. The minimum Gasteiger partial charge on any atom is -0.394 e. The van der Waals surface area contributed by atoms with Gasteiger partial charge >= 0.3 is 6.03 Å². The number of thiazole rings is 1. The van der Waals surface area contributed by atoms with Crippen LogP contribution < -0.4 is 10.6 Å². The van der Waals surface area contributed by atoms with E-state index in [0.29, 0.717) is 6.54 Å². The second-order valence-corrected chi connectivity index (χ2v) is 6.60. The number of aliphatic hydroxyl groups is 1.